The highest BCUT2D eigenvalue weighted by atomic mass is 35.5. The van der Waals surface area contributed by atoms with E-state index in [9.17, 15) is 57.2 Å². The Hall–Kier alpha value is -5.66. The van der Waals surface area contributed by atoms with Gasteiger partial charge in [-0.1, -0.05) is 79.5 Å². The maximum atomic E-state index is 14.0. The Morgan fingerprint density at radius 2 is 0.967 bits per heavy atom. The van der Waals surface area contributed by atoms with Crippen LogP contribution in [0.25, 0.3) is 44.5 Å². The molecule has 0 saturated heterocycles. The molecule has 0 saturated carbocycles. The number of aromatic nitrogens is 4. The second kappa shape index (κ2) is 18.1. The van der Waals surface area contributed by atoms with E-state index in [4.69, 9.17) is 11.6 Å². The molecule has 0 bridgehead atoms. The molecule has 0 radical (unpaired) electrons. The van der Waals surface area contributed by atoms with Crippen LogP contribution >= 0.6 is 11.6 Å². The van der Waals surface area contributed by atoms with Crippen molar-refractivity contribution < 1.29 is 47.6 Å². The molecule has 0 aliphatic heterocycles. The maximum absolute atomic E-state index is 14.0. The first-order valence-corrected chi connectivity index (χ1v) is 22.0. The van der Waals surface area contributed by atoms with Crippen molar-refractivity contribution in [1.29, 1.82) is 0 Å². The minimum atomic E-state index is -4.70. The number of alkyl halides is 6. The Morgan fingerprint density at radius 1 is 0.590 bits per heavy atom. The molecule has 4 aromatic carbocycles. The molecule has 0 unspecified atom stereocenters. The summed E-state index contributed by atoms with van der Waals surface area (Å²) in [5, 5.41) is 7.07. The molecule has 322 valence electrons. The van der Waals surface area contributed by atoms with Gasteiger partial charge in [0.2, 0.25) is 0 Å². The van der Waals surface area contributed by atoms with E-state index < -0.39 is 62.1 Å². The number of nitrogens with zero attached hydrogens (tertiary/aromatic N) is 4. The highest BCUT2D eigenvalue weighted by Gasteiger charge is 2.31. The predicted octanol–water partition coefficient (Wildman–Crippen LogP) is 8.83. The number of benzene rings is 4. The van der Waals surface area contributed by atoms with E-state index in [1.807, 2.05) is 19.1 Å². The van der Waals surface area contributed by atoms with Gasteiger partial charge in [0.15, 0.2) is 19.7 Å². The lowest BCUT2D eigenvalue weighted by Crippen LogP contribution is -2.31. The van der Waals surface area contributed by atoms with Crippen molar-refractivity contribution in [1.82, 2.24) is 19.6 Å². The fourth-order valence-corrected chi connectivity index (χ4v) is 7.46. The summed E-state index contributed by atoms with van der Waals surface area (Å²) in [7, 11) is -6.90. The minimum Gasteiger partial charge on any atom is -0.267 e. The first-order chi connectivity index (χ1) is 28.4. The molecule has 6 rings (SSSR count). The van der Waals surface area contributed by atoms with E-state index in [0.29, 0.717) is 26.9 Å². The average molecular weight is 911 g/mol. The van der Waals surface area contributed by atoms with Crippen LogP contribution < -0.4 is 11.1 Å². The maximum Gasteiger partial charge on any atom is 0.408 e. The van der Waals surface area contributed by atoms with Gasteiger partial charge in [-0.3, -0.25) is 9.59 Å². The number of sulfone groups is 2. The Labute approximate surface area is 349 Å². The number of hydrogen-bond donors (Lipinski definition) is 0. The van der Waals surface area contributed by atoms with E-state index in [1.165, 1.54) is 66.9 Å². The van der Waals surface area contributed by atoms with Crippen molar-refractivity contribution >= 4 is 31.3 Å². The molecule has 2 aromatic heterocycles. The summed E-state index contributed by atoms with van der Waals surface area (Å²) in [6.07, 6.45) is -3.17. The van der Waals surface area contributed by atoms with Crippen molar-refractivity contribution in [2.75, 3.05) is 12.5 Å². The van der Waals surface area contributed by atoms with Gasteiger partial charge in [0.25, 0.3) is 11.1 Å². The topological polar surface area (TPSA) is 138 Å². The van der Waals surface area contributed by atoms with Crippen molar-refractivity contribution in [3.8, 4) is 44.5 Å². The van der Waals surface area contributed by atoms with Crippen LogP contribution in [0.5, 0.6) is 0 Å². The Morgan fingerprint density at radius 3 is 1.33 bits per heavy atom. The van der Waals surface area contributed by atoms with Crippen molar-refractivity contribution in [2.45, 2.75) is 55.0 Å². The van der Waals surface area contributed by atoms with Crippen molar-refractivity contribution in [3.63, 3.8) is 0 Å². The zero-order valence-electron chi connectivity index (χ0n) is 32.2. The monoisotopic (exact) mass is 910 g/mol. The molecular formula is C41H34ClF7N4O6S2. The fraction of sp³-hybridized carbons (Fsp3) is 0.220. The molecule has 0 atom stereocenters. The molecule has 6 aromatic rings. The largest absolute Gasteiger partial charge is 0.408 e. The number of rotatable bonds is 10. The Kier molecular flexibility index (Phi) is 13.8. The molecule has 0 N–H and O–H groups in total. The van der Waals surface area contributed by atoms with Crippen LogP contribution in [0.15, 0.2) is 123 Å². The minimum absolute atomic E-state index is 0.00224. The summed E-state index contributed by atoms with van der Waals surface area (Å²) < 4.78 is 139. The van der Waals surface area contributed by atoms with Crippen LogP contribution in [0, 0.1) is 5.82 Å². The molecule has 2 heterocycles. The summed E-state index contributed by atoms with van der Waals surface area (Å²) in [5.74, 6) is -0.855. The van der Waals surface area contributed by atoms with Crippen LogP contribution in [0.4, 0.5) is 30.7 Å². The highest BCUT2D eigenvalue weighted by molar-refractivity contribution is 7.91. The zero-order chi connectivity index (χ0) is 45.1. The third-order valence-corrected chi connectivity index (χ3v) is 11.5. The van der Waals surface area contributed by atoms with Crippen LogP contribution in [-0.4, -0.2) is 61.3 Å². The Bertz CT molecular complexity index is 2900. The smallest absolute Gasteiger partial charge is 0.267 e. The summed E-state index contributed by atoms with van der Waals surface area (Å²) in [5.41, 5.74) is 0.644. The number of aryl methyl sites for hydroxylation is 1. The third kappa shape index (κ3) is 11.8. The van der Waals surface area contributed by atoms with Gasteiger partial charge >= 0.3 is 12.4 Å². The lowest BCUT2D eigenvalue weighted by atomic mass is 9.96. The molecule has 10 nitrogen and oxygen atoms in total. The second-order valence-electron chi connectivity index (χ2n) is 13.7. The van der Waals surface area contributed by atoms with Crippen LogP contribution in [0.1, 0.15) is 18.9 Å². The van der Waals surface area contributed by atoms with E-state index in [0.717, 1.165) is 43.2 Å². The number of halogens is 8. The highest BCUT2D eigenvalue weighted by Crippen LogP contribution is 2.33. The molecule has 0 aliphatic rings. The third-order valence-electron chi connectivity index (χ3n) is 8.92. The summed E-state index contributed by atoms with van der Waals surface area (Å²) in [6, 6.07) is 21.6. The van der Waals surface area contributed by atoms with Gasteiger partial charge < -0.3 is 0 Å². The standard InChI is InChI=1S/C22H21F3N2O3S.C19H13ClF4N2O3S/c1-3-4-15-5-7-17(8-6-15)20-19(13-26-27(21(20)28)14-22(23,24)25)16-9-11-18(12-10-16)31(2,29)30;1-30(28,29)13-5-2-11(3-6-13)14-9-25-26(10-19(22,23)24)18(27)17(14)12-4-7-15(20)16(21)8-12/h5-13H,3-4,14H2,1-2H3;2-9H,10H2,1H3. The summed E-state index contributed by atoms with van der Waals surface area (Å²) in [4.78, 5) is 25.9. The quantitative estimate of drug-likeness (QED) is 0.124. The zero-order valence-corrected chi connectivity index (χ0v) is 34.6. The van der Waals surface area contributed by atoms with Crippen LogP contribution in [0.3, 0.4) is 0 Å². The van der Waals surface area contributed by atoms with Crippen LogP contribution in [0.2, 0.25) is 5.02 Å². The van der Waals surface area contributed by atoms with E-state index >= 15 is 0 Å². The Balaban J connectivity index is 0.000000231. The van der Waals surface area contributed by atoms with Crippen molar-refractivity contribution in [3.05, 3.63) is 141 Å². The van der Waals surface area contributed by atoms with E-state index in [1.54, 1.807) is 12.1 Å². The van der Waals surface area contributed by atoms with Gasteiger partial charge in [0.1, 0.15) is 18.9 Å². The van der Waals surface area contributed by atoms with Crippen LogP contribution in [-0.2, 0) is 39.2 Å². The van der Waals surface area contributed by atoms with Gasteiger partial charge in [-0.2, -0.15) is 36.5 Å². The molecule has 20 heteroatoms. The lowest BCUT2D eigenvalue weighted by molar-refractivity contribution is -0.144. The molecular weight excluding hydrogens is 877 g/mol. The fourth-order valence-electron chi connectivity index (χ4n) is 6.08. The molecule has 0 aliphatic carbocycles. The summed E-state index contributed by atoms with van der Waals surface area (Å²) >= 11 is 5.67. The summed E-state index contributed by atoms with van der Waals surface area (Å²) in [6.45, 7) is -1.09. The average Bonchev–Trinajstić information content (AvgIpc) is 3.17. The SMILES string of the molecule is CCCc1ccc(-c2c(-c3ccc(S(C)(=O)=O)cc3)cnn(CC(F)(F)F)c2=O)cc1.CS(=O)(=O)c1ccc(-c2cnn(CC(F)(F)F)c(=O)c2-c2ccc(Cl)c(F)c2)cc1. The normalized spacial score (nSPS) is 12.2. The second-order valence-corrected chi connectivity index (χ2v) is 18.1. The molecule has 0 spiro atoms. The van der Waals surface area contributed by atoms with Gasteiger partial charge in [-0.15, -0.1) is 0 Å². The van der Waals surface area contributed by atoms with Gasteiger partial charge in [-0.25, -0.2) is 30.6 Å². The van der Waals surface area contributed by atoms with E-state index in [-0.39, 0.29) is 41.7 Å². The first-order valence-electron chi connectivity index (χ1n) is 17.9. The van der Waals surface area contributed by atoms with E-state index in [2.05, 4.69) is 10.2 Å². The molecule has 0 fully saturated rings. The number of hydrogen-bond acceptors (Lipinski definition) is 8. The first kappa shape index (κ1) is 46.4. The lowest BCUT2D eigenvalue weighted by Gasteiger charge is -2.14. The van der Waals surface area contributed by atoms with Gasteiger partial charge in [0.05, 0.1) is 38.3 Å². The predicted molar refractivity (Wildman–Crippen MR) is 216 cm³/mol. The van der Waals surface area contributed by atoms with Gasteiger partial charge in [0, 0.05) is 23.6 Å². The van der Waals surface area contributed by atoms with Gasteiger partial charge in [-0.05, 0) is 70.6 Å². The van der Waals surface area contributed by atoms with Crippen molar-refractivity contribution in [2.24, 2.45) is 0 Å². The molecule has 61 heavy (non-hydrogen) atoms. The molecule has 0 amide bonds.